The number of aromatic nitrogens is 10. The summed E-state index contributed by atoms with van der Waals surface area (Å²) < 4.78 is 3.98. The van der Waals surface area contributed by atoms with E-state index in [1.165, 1.54) is 12.7 Å². The van der Waals surface area contributed by atoms with Crippen LogP contribution in [0.15, 0.2) is 43.6 Å². The molecule has 0 unspecified atom stereocenters. The third kappa shape index (κ3) is 1.96. The van der Waals surface area contributed by atoms with Crippen LogP contribution in [0.4, 0.5) is 0 Å². The number of rotatable bonds is 2. The van der Waals surface area contributed by atoms with Crippen molar-refractivity contribution in [3.05, 3.63) is 49.5 Å². The van der Waals surface area contributed by atoms with Crippen molar-refractivity contribution in [2.75, 3.05) is 0 Å². The Hall–Kier alpha value is -4.08. The molecule has 0 N–H and O–H groups in total. The van der Waals surface area contributed by atoms with Crippen molar-refractivity contribution in [1.82, 2.24) is 49.0 Å². The Bertz CT molecular complexity index is 1460. The molecule has 0 aromatic carbocycles. The summed E-state index contributed by atoms with van der Waals surface area (Å²) in [7, 11) is 1.93. The molecule has 0 aliphatic heterocycles. The number of hydrogen-bond acceptors (Lipinski definition) is 8. The van der Waals surface area contributed by atoms with E-state index in [0.717, 1.165) is 44.3 Å². The maximum Gasteiger partial charge on any atom is 0.161 e. The van der Waals surface area contributed by atoms with Crippen LogP contribution in [0.1, 0.15) is 5.82 Å². The highest BCUT2D eigenvalue weighted by molar-refractivity contribution is 6.03. The average Bonchev–Trinajstić information content (AvgIpc) is 3.22. The van der Waals surface area contributed by atoms with Crippen molar-refractivity contribution < 1.29 is 0 Å². The highest BCUT2D eigenvalue weighted by Gasteiger charge is 2.16. The van der Waals surface area contributed by atoms with Gasteiger partial charge in [-0.1, -0.05) is 0 Å². The molecule has 0 fully saturated rings. The van der Waals surface area contributed by atoms with E-state index in [-0.39, 0.29) is 0 Å². The SMILES string of the molecule is Cn1c2cnc(Cn3c4cncnc4c4ncncc43)nc2c2nccnc21. The van der Waals surface area contributed by atoms with Gasteiger partial charge < -0.3 is 9.13 Å². The molecule has 134 valence electrons. The van der Waals surface area contributed by atoms with E-state index >= 15 is 0 Å². The summed E-state index contributed by atoms with van der Waals surface area (Å²) in [5.74, 6) is 0.650. The zero-order chi connectivity index (χ0) is 18.7. The molecule has 0 saturated carbocycles. The first-order valence-electron chi connectivity index (χ1n) is 8.60. The van der Waals surface area contributed by atoms with Crippen LogP contribution < -0.4 is 0 Å². The maximum absolute atomic E-state index is 4.78. The Morgan fingerprint density at radius 1 is 0.714 bits per heavy atom. The standard InChI is InChI=1S/C18H12N10/c1-27-10-6-23-13(26-16(10)17-18(27)22-3-2-21-17)7-28-11-4-19-8-24-14(11)15-12(28)5-20-9-25-15/h2-6,8-9H,7H2,1H3. The molecule has 0 aliphatic rings. The molecule has 6 aromatic rings. The summed E-state index contributed by atoms with van der Waals surface area (Å²) in [6, 6.07) is 0. The minimum atomic E-state index is 0.438. The average molecular weight is 368 g/mol. The highest BCUT2D eigenvalue weighted by atomic mass is 15.1. The summed E-state index contributed by atoms with van der Waals surface area (Å²) in [5, 5.41) is 0. The Morgan fingerprint density at radius 2 is 1.43 bits per heavy atom. The van der Waals surface area contributed by atoms with Crippen LogP contribution in [0, 0.1) is 0 Å². The molecule has 6 rings (SSSR count). The molecular weight excluding hydrogens is 356 g/mol. The van der Waals surface area contributed by atoms with Crippen molar-refractivity contribution in [1.29, 1.82) is 0 Å². The molecular formula is C18H12N10. The fourth-order valence-corrected chi connectivity index (χ4v) is 3.61. The molecule has 6 heterocycles. The minimum absolute atomic E-state index is 0.438. The molecule has 28 heavy (non-hydrogen) atoms. The van der Waals surface area contributed by atoms with Crippen molar-refractivity contribution in [2.24, 2.45) is 7.05 Å². The van der Waals surface area contributed by atoms with Crippen LogP contribution in [0.25, 0.3) is 44.3 Å². The van der Waals surface area contributed by atoms with Gasteiger partial charge in [0.05, 0.1) is 41.7 Å². The first kappa shape index (κ1) is 15.0. The van der Waals surface area contributed by atoms with Gasteiger partial charge in [0.2, 0.25) is 0 Å². The second kappa shape index (κ2) is 5.46. The van der Waals surface area contributed by atoms with Gasteiger partial charge in [-0.05, 0) is 0 Å². The summed E-state index contributed by atoms with van der Waals surface area (Å²) in [6.07, 6.45) is 11.7. The molecule has 6 aromatic heterocycles. The van der Waals surface area contributed by atoms with Gasteiger partial charge in [-0.3, -0.25) is 0 Å². The first-order chi connectivity index (χ1) is 13.8. The van der Waals surface area contributed by atoms with Crippen LogP contribution in [-0.4, -0.2) is 49.0 Å². The molecule has 0 bridgehead atoms. The van der Waals surface area contributed by atoms with Crippen LogP contribution in [0.2, 0.25) is 0 Å². The van der Waals surface area contributed by atoms with E-state index < -0.39 is 0 Å². The van der Waals surface area contributed by atoms with Gasteiger partial charge in [0, 0.05) is 19.4 Å². The monoisotopic (exact) mass is 368 g/mol. The lowest BCUT2D eigenvalue weighted by Crippen LogP contribution is -2.05. The van der Waals surface area contributed by atoms with E-state index in [9.17, 15) is 0 Å². The summed E-state index contributed by atoms with van der Waals surface area (Å²) in [4.78, 5) is 35.3. The van der Waals surface area contributed by atoms with E-state index in [2.05, 4.69) is 34.9 Å². The topological polar surface area (TPSA) is 113 Å². The van der Waals surface area contributed by atoms with Gasteiger partial charge in [-0.15, -0.1) is 0 Å². The third-order valence-electron chi connectivity index (χ3n) is 4.89. The maximum atomic E-state index is 4.78. The van der Waals surface area contributed by atoms with Gasteiger partial charge in [-0.25, -0.2) is 39.9 Å². The van der Waals surface area contributed by atoms with Crippen LogP contribution in [0.3, 0.4) is 0 Å². The lowest BCUT2D eigenvalue weighted by molar-refractivity contribution is 0.796. The number of fused-ring (bicyclic) bond motifs is 6. The normalized spacial score (nSPS) is 11.9. The van der Waals surface area contributed by atoms with E-state index in [1.54, 1.807) is 24.8 Å². The first-order valence-corrected chi connectivity index (χ1v) is 8.60. The molecule has 0 radical (unpaired) electrons. The third-order valence-corrected chi connectivity index (χ3v) is 4.89. The lowest BCUT2D eigenvalue weighted by Gasteiger charge is -2.06. The quantitative estimate of drug-likeness (QED) is 0.453. The van der Waals surface area contributed by atoms with Gasteiger partial charge in [0.1, 0.15) is 40.5 Å². The van der Waals surface area contributed by atoms with Gasteiger partial charge in [-0.2, -0.15) is 0 Å². The van der Waals surface area contributed by atoms with Crippen molar-refractivity contribution >= 4 is 44.3 Å². The second-order valence-electron chi connectivity index (χ2n) is 6.41. The predicted molar refractivity (Wildman–Crippen MR) is 101 cm³/mol. The lowest BCUT2D eigenvalue weighted by atomic mass is 10.4. The molecule has 10 nitrogen and oxygen atoms in total. The van der Waals surface area contributed by atoms with Crippen LogP contribution in [-0.2, 0) is 13.6 Å². The smallest absolute Gasteiger partial charge is 0.161 e. The zero-order valence-electron chi connectivity index (χ0n) is 14.7. The largest absolute Gasteiger partial charge is 0.328 e. The van der Waals surface area contributed by atoms with Crippen molar-refractivity contribution in [2.45, 2.75) is 6.54 Å². The second-order valence-corrected chi connectivity index (χ2v) is 6.41. The predicted octanol–water partition coefficient (Wildman–Crippen LogP) is 1.65. The zero-order valence-corrected chi connectivity index (χ0v) is 14.7. The molecule has 0 amide bonds. The Labute approximate surface area is 157 Å². The van der Waals surface area contributed by atoms with Crippen LogP contribution in [0.5, 0.6) is 0 Å². The number of aryl methyl sites for hydroxylation is 1. The summed E-state index contributed by atoms with van der Waals surface area (Å²) in [6.45, 7) is 0.438. The van der Waals surface area contributed by atoms with E-state index in [1.807, 2.05) is 22.4 Å². The summed E-state index contributed by atoms with van der Waals surface area (Å²) in [5.41, 5.74) is 6.50. The molecule has 0 saturated heterocycles. The Kier molecular flexibility index (Phi) is 2.93. The minimum Gasteiger partial charge on any atom is -0.328 e. The van der Waals surface area contributed by atoms with E-state index in [4.69, 9.17) is 4.98 Å². The Morgan fingerprint density at radius 3 is 2.18 bits per heavy atom. The van der Waals surface area contributed by atoms with Crippen LogP contribution >= 0.6 is 0 Å². The summed E-state index contributed by atoms with van der Waals surface area (Å²) >= 11 is 0. The fourth-order valence-electron chi connectivity index (χ4n) is 3.61. The molecule has 0 atom stereocenters. The molecule has 10 heteroatoms. The highest BCUT2D eigenvalue weighted by Crippen LogP contribution is 2.26. The van der Waals surface area contributed by atoms with Gasteiger partial charge in [0.25, 0.3) is 0 Å². The van der Waals surface area contributed by atoms with Gasteiger partial charge in [0.15, 0.2) is 5.65 Å². The number of nitrogens with zero attached hydrogens (tertiary/aromatic N) is 10. The number of hydrogen-bond donors (Lipinski definition) is 0. The van der Waals surface area contributed by atoms with E-state index in [0.29, 0.717) is 12.4 Å². The fraction of sp³-hybridized carbons (Fsp3) is 0.111. The van der Waals surface area contributed by atoms with Crippen molar-refractivity contribution in [3.8, 4) is 0 Å². The molecule has 0 aliphatic carbocycles. The van der Waals surface area contributed by atoms with Gasteiger partial charge >= 0.3 is 0 Å². The van der Waals surface area contributed by atoms with Crippen molar-refractivity contribution in [3.63, 3.8) is 0 Å². The Balaban J connectivity index is 1.58. The molecule has 0 spiro atoms.